The lowest BCUT2D eigenvalue weighted by molar-refractivity contribution is 0.0655. The van der Waals surface area contributed by atoms with Crippen LogP contribution in [-0.2, 0) is 6.42 Å². The normalized spacial score (nSPS) is 12.8. The van der Waals surface area contributed by atoms with E-state index in [0.717, 1.165) is 21.1 Å². The average Bonchev–Trinajstić information content (AvgIpc) is 3.36. The number of carbonyl (C=O) groups excluding carboxylic acids is 4. The summed E-state index contributed by atoms with van der Waals surface area (Å²) in [7, 11) is 0. The summed E-state index contributed by atoms with van der Waals surface area (Å²) >= 11 is 4.94. The van der Waals surface area contributed by atoms with Gasteiger partial charge >= 0.3 is 0 Å². The van der Waals surface area contributed by atoms with Gasteiger partial charge in [0.15, 0.2) is 0 Å². The summed E-state index contributed by atoms with van der Waals surface area (Å²) in [4.78, 5) is 52.3. The van der Waals surface area contributed by atoms with Crippen molar-refractivity contribution in [2.45, 2.75) is 6.42 Å². The highest BCUT2D eigenvalue weighted by Gasteiger charge is 2.35. The number of imide groups is 2. The first kappa shape index (κ1) is 21.0. The lowest BCUT2D eigenvalue weighted by Crippen LogP contribution is -2.35. The minimum atomic E-state index is -0.869. The topological polar surface area (TPSA) is 74.8 Å². The van der Waals surface area contributed by atoms with Crippen LogP contribution in [-0.4, -0.2) is 34.4 Å². The Hall–Kier alpha value is -3.30. The van der Waals surface area contributed by atoms with Crippen molar-refractivity contribution in [2.24, 2.45) is 0 Å². The van der Waals surface area contributed by atoms with Crippen molar-refractivity contribution in [3.63, 3.8) is 0 Å². The maximum absolute atomic E-state index is 14.8. The minimum absolute atomic E-state index is 0.0232. The van der Waals surface area contributed by atoms with Crippen molar-refractivity contribution in [1.82, 2.24) is 4.90 Å². The number of rotatable bonds is 5. The van der Waals surface area contributed by atoms with Crippen molar-refractivity contribution in [1.29, 1.82) is 0 Å². The van der Waals surface area contributed by atoms with E-state index >= 15 is 0 Å². The summed E-state index contributed by atoms with van der Waals surface area (Å²) in [6.45, 7) is -0.109. The zero-order valence-electron chi connectivity index (χ0n) is 15.9. The van der Waals surface area contributed by atoms with Crippen LogP contribution in [0.2, 0.25) is 0 Å². The molecule has 156 valence electrons. The smallest absolute Gasteiger partial charge is 0.274 e. The molecule has 2 heterocycles. The number of carbonyl (C=O) groups is 4. The highest BCUT2D eigenvalue weighted by atomic mass is 32.1. The third-order valence-corrected chi connectivity index (χ3v) is 5.98. The molecule has 0 aliphatic carbocycles. The molecule has 4 rings (SSSR count). The van der Waals surface area contributed by atoms with Gasteiger partial charge in [-0.1, -0.05) is 36.9 Å². The Morgan fingerprint density at radius 2 is 1.65 bits per heavy atom. The highest BCUT2D eigenvalue weighted by molar-refractivity contribution is 7.97. The third-order valence-electron chi connectivity index (χ3n) is 4.92. The Kier molecular flexibility index (Phi) is 5.71. The Balaban J connectivity index is 1.65. The van der Waals surface area contributed by atoms with Crippen molar-refractivity contribution < 1.29 is 23.6 Å². The van der Waals surface area contributed by atoms with E-state index in [1.165, 1.54) is 18.2 Å². The van der Waals surface area contributed by atoms with E-state index in [2.05, 4.69) is 12.6 Å². The summed E-state index contributed by atoms with van der Waals surface area (Å²) in [5, 5.41) is 0.814. The number of anilines is 1. The fourth-order valence-corrected chi connectivity index (χ4v) is 4.33. The van der Waals surface area contributed by atoms with E-state index in [0.29, 0.717) is 11.1 Å². The fraction of sp³-hybridized carbons (Fsp3) is 0.0909. The van der Waals surface area contributed by atoms with Gasteiger partial charge in [0.1, 0.15) is 5.82 Å². The number of hydrogen-bond acceptors (Lipinski definition) is 5. The van der Waals surface area contributed by atoms with E-state index in [1.807, 2.05) is 0 Å². The van der Waals surface area contributed by atoms with E-state index < -0.39 is 28.8 Å². The number of amides is 4. The zero-order chi connectivity index (χ0) is 22.1. The molecule has 31 heavy (non-hydrogen) atoms. The van der Waals surface area contributed by atoms with E-state index in [9.17, 15) is 23.6 Å². The first-order chi connectivity index (χ1) is 14.9. The van der Waals surface area contributed by atoms with Gasteiger partial charge in [-0.25, -0.2) is 9.29 Å². The molecule has 1 aliphatic rings. The number of fused-ring (bicyclic) bond motifs is 1. The second-order valence-corrected chi connectivity index (χ2v) is 8.03. The van der Waals surface area contributed by atoms with E-state index in [4.69, 9.17) is 0 Å². The summed E-state index contributed by atoms with van der Waals surface area (Å²) in [6.07, 6.45) is -0.0806. The van der Waals surface area contributed by atoms with Crippen molar-refractivity contribution in [3.8, 4) is 0 Å². The molecule has 0 spiro atoms. The van der Waals surface area contributed by atoms with Gasteiger partial charge < -0.3 is 0 Å². The molecule has 9 heteroatoms. The monoisotopic (exact) mass is 454 g/mol. The van der Waals surface area contributed by atoms with Crippen LogP contribution in [0.5, 0.6) is 0 Å². The molecule has 3 aromatic rings. The zero-order valence-corrected chi connectivity index (χ0v) is 17.7. The predicted octanol–water partition coefficient (Wildman–Crippen LogP) is 4.42. The molecule has 0 atom stereocenters. The van der Waals surface area contributed by atoms with Crippen LogP contribution in [0.4, 0.5) is 14.9 Å². The van der Waals surface area contributed by atoms with Gasteiger partial charge in [0, 0.05) is 12.1 Å². The molecule has 0 N–H and O–H groups in total. The molecule has 0 bridgehead atoms. The van der Waals surface area contributed by atoms with Gasteiger partial charge in [-0.05, 0) is 42.1 Å². The molecule has 2 aromatic carbocycles. The van der Waals surface area contributed by atoms with Crippen LogP contribution < -0.4 is 4.90 Å². The van der Waals surface area contributed by atoms with Crippen LogP contribution in [0.15, 0.2) is 60.0 Å². The molecule has 0 radical (unpaired) electrons. The SMILES string of the molecule is O=C1c2ccccc2C(=O)N1CCc1c(F)cccc1N(C(=O)S)C(=O)c1cccs1. The minimum Gasteiger partial charge on any atom is -0.274 e. The molecular formula is C22H15FN2O4S2. The third kappa shape index (κ3) is 3.77. The van der Waals surface area contributed by atoms with Gasteiger partial charge in [-0.2, -0.15) is 0 Å². The first-order valence-corrected chi connectivity index (χ1v) is 10.6. The molecule has 0 unspecified atom stereocenters. The molecule has 1 aliphatic heterocycles. The van der Waals surface area contributed by atoms with Crippen molar-refractivity contribution >= 4 is 52.6 Å². The quantitative estimate of drug-likeness (QED) is 0.457. The first-order valence-electron chi connectivity index (χ1n) is 9.23. The summed E-state index contributed by atoms with van der Waals surface area (Å²) < 4.78 is 14.8. The number of nitrogens with zero attached hydrogens (tertiary/aromatic N) is 2. The van der Waals surface area contributed by atoms with Crippen molar-refractivity contribution in [2.75, 3.05) is 11.4 Å². The van der Waals surface area contributed by atoms with Gasteiger partial charge in [0.25, 0.3) is 23.0 Å². The number of hydrogen-bond donors (Lipinski definition) is 1. The number of benzene rings is 2. The van der Waals surface area contributed by atoms with E-state index in [-0.39, 0.29) is 29.1 Å². The second-order valence-electron chi connectivity index (χ2n) is 6.70. The molecule has 0 fully saturated rings. The van der Waals surface area contributed by atoms with Crippen LogP contribution in [0, 0.1) is 5.82 Å². The van der Waals surface area contributed by atoms with Gasteiger partial charge in [0.2, 0.25) is 0 Å². The second kappa shape index (κ2) is 8.44. The molecule has 0 saturated heterocycles. The molecule has 0 saturated carbocycles. The fourth-order valence-electron chi connectivity index (χ4n) is 3.48. The average molecular weight is 455 g/mol. The van der Waals surface area contributed by atoms with E-state index in [1.54, 1.807) is 41.8 Å². The lowest BCUT2D eigenvalue weighted by Gasteiger charge is -2.22. The van der Waals surface area contributed by atoms with Crippen LogP contribution >= 0.6 is 24.0 Å². The number of halogens is 1. The Labute approximate surface area is 186 Å². The largest absolute Gasteiger partial charge is 0.290 e. The highest BCUT2D eigenvalue weighted by Crippen LogP contribution is 2.29. The Morgan fingerprint density at radius 3 is 2.23 bits per heavy atom. The predicted molar refractivity (Wildman–Crippen MR) is 117 cm³/mol. The molecule has 1 aromatic heterocycles. The number of thiol groups is 1. The Bertz CT molecular complexity index is 1170. The van der Waals surface area contributed by atoms with Gasteiger partial charge in [-0.3, -0.25) is 24.1 Å². The maximum atomic E-state index is 14.8. The van der Waals surface area contributed by atoms with Crippen LogP contribution in [0.25, 0.3) is 0 Å². The summed E-state index contributed by atoms with van der Waals surface area (Å²) in [6, 6.07) is 13.7. The summed E-state index contributed by atoms with van der Waals surface area (Å²) in [5.41, 5.74) is 0.643. The Morgan fingerprint density at radius 1 is 0.968 bits per heavy atom. The van der Waals surface area contributed by atoms with Crippen LogP contribution in [0.1, 0.15) is 36.0 Å². The maximum Gasteiger partial charge on any atom is 0.290 e. The standard InChI is InChI=1S/C22H15FN2O4S2/c23-16-7-3-8-17(25(22(29)30)21(28)18-9-4-12-31-18)15(16)10-11-24-19(26)13-5-1-2-6-14(13)20(24)27/h1-9,12H,10-11H2,(H,29,30). The summed E-state index contributed by atoms with van der Waals surface area (Å²) in [5.74, 6) is -2.22. The van der Waals surface area contributed by atoms with Crippen molar-refractivity contribution in [3.05, 3.63) is 87.4 Å². The lowest BCUT2D eigenvalue weighted by atomic mass is 10.1. The molecular weight excluding hydrogens is 439 g/mol. The van der Waals surface area contributed by atoms with Crippen LogP contribution in [0.3, 0.4) is 0 Å². The molecule has 6 nitrogen and oxygen atoms in total. The van der Waals surface area contributed by atoms with Gasteiger partial charge in [-0.15, -0.1) is 11.3 Å². The number of thiophene rings is 1. The molecule has 4 amide bonds. The van der Waals surface area contributed by atoms with Gasteiger partial charge in [0.05, 0.1) is 21.7 Å².